The second kappa shape index (κ2) is 8.97. The van der Waals surface area contributed by atoms with E-state index in [1.165, 1.54) is 11.3 Å². The molecular formula is C23H25N5O4S. The first kappa shape index (κ1) is 21.6. The molecule has 10 heteroatoms. The molecule has 1 aliphatic heterocycles. The summed E-state index contributed by atoms with van der Waals surface area (Å²) in [7, 11) is 3.25. The van der Waals surface area contributed by atoms with Crippen molar-refractivity contribution < 1.29 is 14.3 Å². The van der Waals surface area contributed by atoms with Crippen molar-refractivity contribution in [1.29, 1.82) is 0 Å². The maximum Gasteiger partial charge on any atom is 0.276 e. The number of hydrogen-bond donors (Lipinski definition) is 2. The van der Waals surface area contributed by atoms with E-state index in [1.54, 1.807) is 20.3 Å². The zero-order valence-corrected chi connectivity index (χ0v) is 19.3. The Balaban J connectivity index is 1.44. The number of carbonyl (C=O) groups excluding carboxylic acids is 1. The third-order valence-corrected chi connectivity index (χ3v) is 6.77. The van der Waals surface area contributed by atoms with Gasteiger partial charge >= 0.3 is 0 Å². The maximum absolute atomic E-state index is 13.3. The number of nitrogens with one attached hydrogen (secondary N) is 2. The zero-order chi connectivity index (χ0) is 22.9. The number of ether oxygens (including phenoxy) is 2. The Morgan fingerprint density at radius 2 is 1.91 bits per heavy atom. The molecule has 0 radical (unpaired) electrons. The van der Waals surface area contributed by atoms with E-state index in [4.69, 9.17) is 9.47 Å². The van der Waals surface area contributed by atoms with E-state index in [-0.39, 0.29) is 11.5 Å². The molecule has 4 aromatic rings. The fraction of sp³-hybridized carbons (Fsp3) is 0.348. The Hall–Kier alpha value is -3.21. The van der Waals surface area contributed by atoms with Crippen molar-refractivity contribution in [3.63, 3.8) is 0 Å². The van der Waals surface area contributed by atoms with E-state index >= 15 is 0 Å². The van der Waals surface area contributed by atoms with Crippen molar-refractivity contribution in [3.05, 3.63) is 44.9 Å². The Kier molecular flexibility index (Phi) is 5.88. The average molecular weight is 468 g/mol. The van der Waals surface area contributed by atoms with Crippen molar-refractivity contribution in [2.45, 2.75) is 0 Å². The highest BCUT2D eigenvalue weighted by molar-refractivity contribution is 7.09. The monoisotopic (exact) mass is 467 g/mol. The molecule has 1 amide bonds. The van der Waals surface area contributed by atoms with E-state index < -0.39 is 0 Å². The van der Waals surface area contributed by atoms with Crippen LogP contribution in [0.5, 0.6) is 5.75 Å². The molecule has 2 N–H and O–H groups in total. The highest BCUT2D eigenvalue weighted by atomic mass is 32.1. The lowest BCUT2D eigenvalue weighted by atomic mass is 10.1. The van der Waals surface area contributed by atoms with E-state index in [2.05, 4.69) is 19.9 Å². The van der Waals surface area contributed by atoms with Crippen LogP contribution in [0.2, 0.25) is 0 Å². The number of aromatic nitrogens is 3. The van der Waals surface area contributed by atoms with Gasteiger partial charge in [-0.2, -0.15) is 0 Å². The molecule has 0 aliphatic carbocycles. The van der Waals surface area contributed by atoms with Crippen LogP contribution in [0.4, 0.5) is 0 Å². The molecule has 4 heterocycles. The van der Waals surface area contributed by atoms with Gasteiger partial charge < -0.3 is 24.3 Å². The lowest BCUT2D eigenvalue weighted by Gasteiger charge is -2.34. The smallest absolute Gasteiger partial charge is 0.276 e. The lowest BCUT2D eigenvalue weighted by Crippen LogP contribution is -2.49. The highest BCUT2D eigenvalue weighted by Crippen LogP contribution is 2.30. The summed E-state index contributed by atoms with van der Waals surface area (Å²) in [6, 6.07) is 5.48. The first-order chi connectivity index (χ1) is 16.1. The third kappa shape index (κ3) is 4.12. The first-order valence-electron chi connectivity index (χ1n) is 10.8. The first-order valence-corrected chi connectivity index (χ1v) is 11.7. The predicted octanol–water partition coefficient (Wildman–Crippen LogP) is 2.55. The van der Waals surface area contributed by atoms with Gasteiger partial charge in [-0.15, -0.1) is 11.3 Å². The van der Waals surface area contributed by atoms with Gasteiger partial charge in [-0.1, -0.05) is 0 Å². The van der Waals surface area contributed by atoms with Crippen LogP contribution in [0, 0.1) is 0 Å². The number of piperazine rings is 1. The van der Waals surface area contributed by atoms with Crippen LogP contribution in [0.15, 0.2) is 33.8 Å². The van der Waals surface area contributed by atoms with Crippen LogP contribution in [-0.4, -0.2) is 84.2 Å². The minimum Gasteiger partial charge on any atom is -0.496 e. The standard InChI is InChI=1S/C23H25N5O4S/c1-31-8-7-27-3-5-28(6-4-27)23(30)15-9-14-10-17(24-16(14)11-20(15)32-2)21-22(29)26-19-13-33-12-18(19)25-21/h9-13,24H,3-8H2,1-2H3,(H,26,29). The number of nitrogens with zero attached hydrogens (tertiary/aromatic N) is 3. The SMILES string of the molecule is COCCN1CCN(C(=O)c2cc3cc(-c4nc5cscc5[nH]c4=O)[nH]c3cc2OC)CC1. The molecule has 0 spiro atoms. The van der Waals surface area contributed by atoms with Crippen molar-refractivity contribution in [1.82, 2.24) is 24.8 Å². The summed E-state index contributed by atoms with van der Waals surface area (Å²) in [4.78, 5) is 40.7. The molecule has 0 atom stereocenters. The van der Waals surface area contributed by atoms with Crippen molar-refractivity contribution in [2.75, 3.05) is 53.6 Å². The fourth-order valence-corrected chi connectivity index (χ4v) is 4.89. The van der Waals surface area contributed by atoms with Crippen LogP contribution in [0.1, 0.15) is 10.4 Å². The zero-order valence-electron chi connectivity index (χ0n) is 18.5. The number of carbonyl (C=O) groups is 1. The summed E-state index contributed by atoms with van der Waals surface area (Å²) in [5.74, 6) is 0.441. The van der Waals surface area contributed by atoms with Crippen molar-refractivity contribution in [3.8, 4) is 17.1 Å². The topological polar surface area (TPSA) is 104 Å². The van der Waals surface area contributed by atoms with E-state index in [0.717, 1.165) is 41.6 Å². The second-order valence-electron chi connectivity index (χ2n) is 8.03. The number of aromatic amines is 2. The number of hydrogen-bond acceptors (Lipinski definition) is 7. The lowest BCUT2D eigenvalue weighted by molar-refractivity contribution is 0.0591. The minimum atomic E-state index is -0.262. The molecule has 1 saturated heterocycles. The fourth-order valence-electron chi connectivity index (χ4n) is 4.20. The molecule has 0 bridgehead atoms. The van der Waals surface area contributed by atoms with Gasteiger partial charge in [0, 0.05) is 67.6 Å². The second-order valence-corrected chi connectivity index (χ2v) is 8.78. The Morgan fingerprint density at radius 1 is 1.09 bits per heavy atom. The van der Waals surface area contributed by atoms with Gasteiger partial charge in [0.2, 0.25) is 0 Å². The summed E-state index contributed by atoms with van der Waals surface area (Å²) < 4.78 is 10.7. The molecule has 0 unspecified atom stereocenters. The number of benzene rings is 1. The van der Waals surface area contributed by atoms with E-state index in [1.807, 2.05) is 27.8 Å². The molecule has 1 aromatic carbocycles. The van der Waals surface area contributed by atoms with E-state index in [0.29, 0.717) is 42.4 Å². The van der Waals surface area contributed by atoms with Gasteiger partial charge in [0.1, 0.15) is 5.75 Å². The summed E-state index contributed by atoms with van der Waals surface area (Å²) in [6.45, 7) is 4.49. The molecule has 3 aromatic heterocycles. The minimum absolute atomic E-state index is 0.0569. The van der Waals surface area contributed by atoms with Crippen molar-refractivity contribution >= 4 is 39.2 Å². The number of H-pyrrole nitrogens is 2. The van der Waals surface area contributed by atoms with Gasteiger partial charge in [0.25, 0.3) is 11.5 Å². The van der Waals surface area contributed by atoms with Crippen LogP contribution >= 0.6 is 11.3 Å². The molecule has 1 fully saturated rings. The molecular weight excluding hydrogens is 442 g/mol. The Morgan fingerprint density at radius 3 is 2.67 bits per heavy atom. The maximum atomic E-state index is 13.3. The quantitative estimate of drug-likeness (QED) is 0.452. The largest absolute Gasteiger partial charge is 0.496 e. The number of amides is 1. The summed E-state index contributed by atoms with van der Waals surface area (Å²) in [5, 5.41) is 4.57. The predicted molar refractivity (Wildman–Crippen MR) is 128 cm³/mol. The molecule has 172 valence electrons. The number of rotatable bonds is 6. The van der Waals surface area contributed by atoms with E-state index in [9.17, 15) is 9.59 Å². The van der Waals surface area contributed by atoms with Gasteiger partial charge in [-0.05, 0) is 12.1 Å². The summed E-state index contributed by atoms with van der Waals surface area (Å²) >= 11 is 1.49. The molecule has 5 rings (SSSR count). The van der Waals surface area contributed by atoms with Gasteiger partial charge in [-0.3, -0.25) is 14.5 Å². The normalized spacial score (nSPS) is 14.9. The van der Waals surface area contributed by atoms with Gasteiger partial charge in [-0.25, -0.2) is 4.98 Å². The molecule has 0 saturated carbocycles. The number of methoxy groups -OCH3 is 2. The van der Waals surface area contributed by atoms with Crippen LogP contribution in [-0.2, 0) is 4.74 Å². The van der Waals surface area contributed by atoms with Crippen molar-refractivity contribution in [2.24, 2.45) is 0 Å². The Labute approximate surface area is 193 Å². The summed E-state index contributed by atoms with van der Waals surface area (Å²) in [6.07, 6.45) is 0. The van der Waals surface area contributed by atoms with Crippen LogP contribution in [0.25, 0.3) is 33.3 Å². The summed E-state index contributed by atoms with van der Waals surface area (Å²) in [5.41, 5.74) is 3.40. The highest BCUT2D eigenvalue weighted by Gasteiger charge is 2.25. The van der Waals surface area contributed by atoms with Gasteiger partial charge in [0.05, 0.1) is 36.0 Å². The third-order valence-electron chi connectivity index (χ3n) is 6.03. The van der Waals surface area contributed by atoms with Crippen LogP contribution < -0.4 is 10.3 Å². The Bertz CT molecular complexity index is 1370. The van der Waals surface area contributed by atoms with Gasteiger partial charge in [0.15, 0.2) is 5.69 Å². The number of thiophene rings is 1. The average Bonchev–Trinajstić information content (AvgIpc) is 3.46. The molecule has 1 aliphatic rings. The molecule has 9 nitrogen and oxygen atoms in total. The number of fused-ring (bicyclic) bond motifs is 2. The molecule has 33 heavy (non-hydrogen) atoms. The van der Waals surface area contributed by atoms with Crippen LogP contribution in [0.3, 0.4) is 0 Å².